The third-order valence-electron chi connectivity index (χ3n) is 2.76. The van der Waals surface area contributed by atoms with E-state index in [2.05, 4.69) is 30.4 Å². The maximum Gasteiger partial charge on any atom is 0.282 e. The molecule has 2 rings (SSSR count). The molecule has 21 heavy (non-hydrogen) atoms. The van der Waals surface area contributed by atoms with Crippen LogP contribution in [0.3, 0.4) is 0 Å². The molecule has 0 unspecified atom stereocenters. The van der Waals surface area contributed by atoms with E-state index < -0.39 is 15.6 Å². The Morgan fingerprint density at radius 3 is 2.62 bits per heavy atom. The van der Waals surface area contributed by atoms with E-state index in [-0.39, 0.29) is 10.8 Å². The lowest BCUT2D eigenvalue weighted by Gasteiger charge is -2.07. The smallest absolute Gasteiger partial charge is 0.282 e. The molecular weight excluding hydrogens is 296 g/mol. The Kier molecular flexibility index (Phi) is 4.38. The quantitative estimate of drug-likeness (QED) is 0.579. The highest BCUT2D eigenvalue weighted by molar-refractivity contribution is 7.92. The molecule has 0 aliphatic rings. The molecule has 2 aromatic rings. The highest BCUT2D eigenvalue weighted by Gasteiger charge is 2.24. The van der Waals surface area contributed by atoms with E-state index in [1.54, 1.807) is 6.92 Å². The SMILES string of the molecule is CCNCc1c(S(=O)(=O)Nc2ccc(=O)[nH]n2)n[nH]c1C. The van der Waals surface area contributed by atoms with Crippen LogP contribution in [0, 0.1) is 6.92 Å². The van der Waals surface area contributed by atoms with Crippen molar-refractivity contribution in [3.05, 3.63) is 33.7 Å². The number of aromatic nitrogens is 4. The average molecular weight is 312 g/mol. The summed E-state index contributed by atoms with van der Waals surface area (Å²) in [5.41, 5.74) is 0.820. The molecular formula is C11H16N6O3S. The van der Waals surface area contributed by atoms with Crippen LogP contribution in [0.2, 0.25) is 0 Å². The predicted octanol–water partition coefficient (Wildman–Crippen LogP) is -0.288. The number of aryl methyl sites for hydroxylation is 1. The lowest BCUT2D eigenvalue weighted by molar-refractivity contribution is 0.593. The van der Waals surface area contributed by atoms with Gasteiger partial charge in [0.05, 0.1) is 0 Å². The summed E-state index contributed by atoms with van der Waals surface area (Å²) in [6, 6.07) is 2.46. The number of anilines is 1. The van der Waals surface area contributed by atoms with E-state index in [4.69, 9.17) is 0 Å². The van der Waals surface area contributed by atoms with E-state index in [0.717, 1.165) is 0 Å². The molecule has 10 heteroatoms. The summed E-state index contributed by atoms with van der Waals surface area (Å²) in [6.45, 7) is 4.76. The third-order valence-corrected chi connectivity index (χ3v) is 4.08. The van der Waals surface area contributed by atoms with Crippen molar-refractivity contribution in [3.63, 3.8) is 0 Å². The Labute approximate surface area is 121 Å². The number of nitrogens with one attached hydrogen (secondary N) is 4. The van der Waals surface area contributed by atoms with Gasteiger partial charge in [0.25, 0.3) is 15.6 Å². The van der Waals surface area contributed by atoms with Crippen molar-refractivity contribution in [2.75, 3.05) is 11.3 Å². The van der Waals surface area contributed by atoms with Crippen LogP contribution in [0.15, 0.2) is 22.0 Å². The summed E-state index contributed by atoms with van der Waals surface area (Å²) in [5, 5.41) is 15.2. The Morgan fingerprint density at radius 1 is 1.24 bits per heavy atom. The van der Waals surface area contributed by atoms with Crippen LogP contribution in [0.5, 0.6) is 0 Å². The van der Waals surface area contributed by atoms with Crippen LogP contribution in [0.4, 0.5) is 5.82 Å². The Balaban J connectivity index is 2.31. The zero-order chi connectivity index (χ0) is 15.5. The molecule has 0 aliphatic carbocycles. The summed E-state index contributed by atoms with van der Waals surface area (Å²) < 4.78 is 26.9. The number of nitrogens with zero attached hydrogens (tertiary/aromatic N) is 2. The topological polar surface area (TPSA) is 133 Å². The van der Waals surface area contributed by atoms with E-state index in [9.17, 15) is 13.2 Å². The van der Waals surface area contributed by atoms with Crippen LogP contribution < -0.4 is 15.6 Å². The standard InChI is InChI=1S/C11H16N6O3S/c1-3-12-6-8-7(2)13-16-11(8)21(19,20)17-9-4-5-10(18)15-14-9/h4-5,12H,3,6H2,1-2H3,(H,13,16)(H,14,17)(H,15,18). The second kappa shape index (κ2) is 6.06. The predicted molar refractivity (Wildman–Crippen MR) is 76.4 cm³/mol. The second-order valence-corrected chi connectivity index (χ2v) is 5.92. The van der Waals surface area contributed by atoms with Crippen molar-refractivity contribution in [1.82, 2.24) is 25.7 Å². The number of sulfonamides is 1. The van der Waals surface area contributed by atoms with Gasteiger partial charge in [0, 0.05) is 23.9 Å². The minimum absolute atomic E-state index is 0.0182. The lowest BCUT2D eigenvalue weighted by Crippen LogP contribution is -2.20. The van der Waals surface area contributed by atoms with Crippen molar-refractivity contribution in [1.29, 1.82) is 0 Å². The first kappa shape index (κ1) is 15.2. The van der Waals surface area contributed by atoms with Crippen LogP contribution in [0.1, 0.15) is 18.2 Å². The van der Waals surface area contributed by atoms with Gasteiger partial charge in [-0.05, 0) is 19.5 Å². The first-order valence-corrected chi connectivity index (χ1v) is 7.75. The first-order chi connectivity index (χ1) is 9.94. The van der Waals surface area contributed by atoms with Crippen molar-refractivity contribution < 1.29 is 8.42 Å². The largest absolute Gasteiger partial charge is 0.313 e. The zero-order valence-electron chi connectivity index (χ0n) is 11.6. The molecule has 0 amide bonds. The van der Waals surface area contributed by atoms with Crippen molar-refractivity contribution in [3.8, 4) is 0 Å². The van der Waals surface area contributed by atoms with Crippen LogP contribution >= 0.6 is 0 Å². The molecule has 2 aromatic heterocycles. The molecule has 0 bridgehead atoms. The van der Waals surface area contributed by atoms with Gasteiger partial charge in [-0.15, -0.1) is 0 Å². The minimum Gasteiger partial charge on any atom is -0.313 e. The van der Waals surface area contributed by atoms with Gasteiger partial charge in [0.15, 0.2) is 5.82 Å². The fraction of sp³-hybridized carbons (Fsp3) is 0.364. The summed E-state index contributed by atoms with van der Waals surface area (Å²) in [6.07, 6.45) is 0. The van der Waals surface area contributed by atoms with E-state index in [1.807, 2.05) is 6.92 Å². The summed E-state index contributed by atoms with van der Waals surface area (Å²) >= 11 is 0. The van der Waals surface area contributed by atoms with E-state index in [0.29, 0.717) is 24.3 Å². The van der Waals surface area contributed by atoms with Crippen molar-refractivity contribution >= 4 is 15.8 Å². The van der Waals surface area contributed by atoms with Gasteiger partial charge in [0.2, 0.25) is 5.03 Å². The number of hydrogen-bond donors (Lipinski definition) is 4. The number of aromatic amines is 2. The van der Waals surface area contributed by atoms with Gasteiger partial charge in [-0.25, -0.2) is 5.10 Å². The zero-order valence-corrected chi connectivity index (χ0v) is 12.4. The van der Waals surface area contributed by atoms with Crippen LogP contribution in [-0.4, -0.2) is 35.4 Å². The normalized spacial score (nSPS) is 11.5. The summed E-state index contributed by atoms with van der Waals surface area (Å²) in [7, 11) is -3.88. The van der Waals surface area contributed by atoms with Gasteiger partial charge >= 0.3 is 0 Å². The second-order valence-electron chi connectivity index (χ2n) is 4.32. The molecule has 2 heterocycles. The maximum absolute atomic E-state index is 12.3. The molecule has 0 saturated carbocycles. The lowest BCUT2D eigenvalue weighted by atomic mass is 10.2. The first-order valence-electron chi connectivity index (χ1n) is 6.27. The van der Waals surface area contributed by atoms with Gasteiger partial charge in [0.1, 0.15) is 0 Å². The van der Waals surface area contributed by atoms with Crippen molar-refractivity contribution in [2.45, 2.75) is 25.4 Å². The van der Waals surface area contributed by atoms with Crippen LogP contribution in [-0.2, 0) is 16.6 Å². The van der Waals surface area contributed by atoms with Crippen LogP contribution in [0.25, 0.3) is 0 Å². The Hall–Kier alpha value is -2.20. The molecule has 0 aliphatic heterocycles. The molecule has 0 fully saturated rings. The molecule has 114 valence electrons. The number of H-pyrrole nitrogens is 2. The third kappa shape index (κ3) is 3.47. The van der Waals surface area contributed by atoms with Gasteiger partial charge < -0.3 is 5.32 Å². The highest BCUT2D eigenvalue weighted by atomic mass is 32.2. The Bertz CT molecular complexity index is 759. The highest BCUT2D eigenvalue weighted by Crippen LogP contribution is 2.18. The molecule has 0 aromatic carbocycles. The maximum atomic E-state index is 12.3. The van der Waals surface area contributed by atoms with E-state index in [1.165, 1.54) is 12.1 Å². The fourth-order valence-corrected chi connectivity index (χ4v) is 2.90. The number of hydrogen-bond acceptors (Lipinski definition) is 6. The van der Waals surface area contributed by atoms with Gasteiger partial charge in [-0.2, -0.15) is 18.6 Å². The molecule has 0 saturated heterocycles. The summed E-state index contributed by atoms with van der Waals surface area (Å²) in [4.78, 5) is 10.9. The number of rotatable bonds is 6. The van der Waals surface area contributed by atoms with Gasteiger partial charge in [-0.1, -0.05) is 6.92 Å². The molecule has 4 N–H and O–H groups in total. The monoisotopic (exact) mass is 312 g/mol. The average Bonchev–Trinajstić information content (AvgIpc) is 2.81. The molecule has 9 nitrogen and oxygen atoms in total. The minimum atomic E-state index is -3.88. The van der Waals surface area contributed by atoms with E-state index >= 15 is 0 Å². The molecule has 0 atom stereocenters. The fourth-order valence-electron chi connectivity index (χ4n) is 1.70. The molecule has 0 radical (unpaired) electrons. The van der Waals surface area contributed by atoms with Gasteiger partial charge in [-0.3, -0.25) is 14.6 Å². The molecule has 0 spiro atoms. The Morgan fingerprint density at radius 2 is 2.00 bits per heavy atom. The van der Waals surface area contributed by atoms with Crippen molar-refractivity contribution in [2.24, 2.45) is 0 Å². The summed E-state index contributed by atoms with van der Waals surface area (Å²) in [5.74, 6) is 0.0182.